The Balaban J connectivity index is 1.54. The van der Waals surface area contributed by atoms with Crippen molar-refractivity contribution in [3.05, 3.63) is 70.9 Å². The molecule has 0 aromatic heterocycles. The zero-order chi connectivity index (χ0) is 25.7. The van der Waals surface area contributed by atoms with Crippen LogP contribution in [0.4, 0.5) is 5.69 Å². The smallest absolute Gasteiger partial charge is 0.338 e. The number of rotatable bonds is 9. The van der Waals surface area contributed by atoms with Gasteiger partial charge in [-0.15, -0.1) is 0 Å². The molecule has 1 amide bonds. The van der Waals surface area contributed by atoms with Gasteiger partial charge >= 0.3 is 5.97 Å². The Kier molecular flexibility index (Phi) is 7.84. The maximum atomic E-state index is 12.9. The fourth-order valence-corrected chi connectivity index (χ4v) is 4.70. The number of methoxy groups -OCH3 is 2. The summed E-state index contributed by atoms with van der Waals surface area (Å²) in [5, 5.41) is 5.47. The molecule has 0 aliphatic carbocycles. The molecule has 0 saturated heterocycles. The van der Waals surface area contributed by atoms with Gasteiger partial charge in [-0.05, 0) is 49.1 Å². The molecule has 0 bridgehead atoms. The lowest BCUT2D eigenvalue weighted by Gasteiger charge is -2.33. The number of fused-ring (bicyclic) bond motifs is 1. The molecular formula is C26H27N3O6S. The molecule has 0 unspecified atom stereocenters. The van der Waals surface area contributed by atoms with E-state index in [1.807, 2.05) is 22.6 Å². The summed E-state index contributed by atoms with van der Waals surface area (Å²) < 4.78 is 21.8. The molecule has 2 heterocycles. The number of carbonyl (C=O) groups excluding carboxylic acids is 2. The largest absolute Gasteiger partial charge is 0.497 e. The lowest BCUT2D eigenvalue weighted by atomic mass is 9.94. The first-order valence-corrected chi connectivity index (χ1v) is 12.2. The molecule has 0 radical (unpaired) electrons. The molecule has 2 aliphatic heterocycles. The van der Waals surface area contributed by atoms with E-state index in [0.717, 1.165) is 10.7 Å². The maximum absolute atomic E-state index is 12.9. The number of allylic oxidation sites excluding steroid dienone is 1. The number of ether oxygens (including phenoxy) is 4. The topological polar surface area (TPSA) is 98.7 Å². The van der Waals surface area contributed by atoms with Crippen LogP contribution in [-0.4, -0.2) is 49.4 Å². The molecule has 0 spiro atoms. The van der Waals surface area contributed by atoms with Crippen LogP contribution in [-0.2, 0) is 14.3 Å². The van der Waals surface area contributed by atoms with Crippen LogP contribution in [0.2, 0.25) is 0 Å². The average Bonchev–Trinajstić information content (AvgIpc) is 3.34. The normalized spacial score (nSPS) is 16.3. The number of thioether (sulfide) groups is 1. The minimum Gasteiger partial charge on any atom is -0.497 e. The van der Waals surface area contributed by atoms with Crippen LogP contribution in [0.25, 0.3) is 0 Å². The second-order valence-electron chi connectivity index (χ2n) is 7.81. The fourth-order valence-electron chi connectivity index (χ4n) is 3.91. The summed E-state index contributed by atoms with van der Waals surface area (Å²) in [5.74, 6) is 0.727. The number of esters is 1. The number of nitrogens with zero attached hydrogens (tertiary/aromatic N) is 2. The van der Waals surface area contributed by atoms with Crippen LogP contribution in [0.15, 0.2) is 70.3 Å². The van der Waals surface area contributed by atoms with E-state index < -0.39 is 12.0 Å². The molecule has 0 saturated carbocycles. The summed E-state index contributed by atoms with van der Waals surface area (Å²) in [7, 11) is 3.08. The molecule has 2 aromatic rings. The second-order valence-corrected chi connectivity index (χ2v) is 8.68. The number of benzene rings is 2. The fraction of sp³-hybridized carbons (Fsp3) is 0.269. The summed E-state index contributed by atoms with van der Waals surface area (Å²) in [6, 6.07) is 12.0. The monoisotopic (exact) mass is 509 g/mol. The Morgan fingerprint density at radius 3 is 2.69 bits per heavy atom. The van der Waals surface area contributed by atoms with E-state index in [2.05, 4.69) is 10.3 Å². The van der Waals surface area contributed by atoms with Gasteiger partial charge in [0.2, 0.25) is 0 Å². The van der Waals surface area contributed by atoms with Crippen molar-refractivity contribution < 1.29 is 28.5 Å². The molecule has 2 aromatic carbocycles. The minimum absolute atomic E-state index is 0.217. The van der Waals surface area contributed by atoms with Crippen molar-refractivity contribution in [3.63, 3.8) is 0 Å². The molecule has 4 rings (SSSR count). The molecule has 9 nitrogen and oxygen atoms in total. The van der Waals surface area contributed by atoms with Crippen LogP contribution in [0.3, 0.4) is 0 Å². The number of aliphatic imine (C=N–C) groups is 1. The van der Waals surface area contributed by atoms with Gasteiger partial charge in [0, 0.05) is 18.0 Å². The van der Waals surface area contributed by atoms with Gasteiger partial charge in [-0.1, -0.05) is 23.9 Å². The Morgan fingerprint density at radius 1 is 1.11 bits per heavy atom. The predicted octanol–water partition coefficient (Wildman–Crippen LogP) is 4.49. The standard InChI is InChI=1S/C26H27N3O6S/c1-5-34-25(31)23-16(2)27-26-29(11-12-36-26)24(23)17-9-10-20(21(13-17)33-4)35-15-22(30)28-18-7-6-8-19(14-18)32-3/h6-14,24H,5,15H2,1-4H3,(H,28,30)/t24-/m1/s1. The Morgan fingerprint density at radius 2 is 1.94 bits per heavy atom. The van der Waals surface area contributed by atoms with Crippen molar-refractivity contribution in [2.24, 2.45) is 4.99 Å². The summed E-state index contributed by atoms with van der Waals surface area (Å²) in [6.07, 6.45) is 1.89. The third-order valence-electron chi connectivity index (χ3n) is 5.53. The van der Waals surface area contributed by atoms with Crippen LogP contribution < -0.4 is 19.5 Å². The highest BCUT2D eigenvalue weighted by atomic mass is 32.2. The highest BCUT2D eigenvalue weighted by Gasteiger charge is 2.37. The molecule has 36 heavy (non-hydrogen) atoms. The van der Waals surface area contributed by atoms with Gasteiger partial charge in [0.25, 0.3) is 5.91 Å². The van der Waals surface area contributed by atoms with E-state index in [-0.39, 0.29) is 19.1 Å². The van der Waals surface area contributed by atoms with Gasteiger partial charge in [-0.25, -0.2) is 9.79 Å². The molecule has 188 valence electrons. The van der Waals surface area contributed by atoms with Crippen LogP contribution in [0.1, 0.15) is 25.5 Å². The highest BCUT2D eigenvalue weighted by Crippen LogP contribution is 2.43. The van der Waals surface area contributed by atoms with Crippen molar-refractivity contribution in [1.29, 1.82) is 0 Å². The van der Waals surface area contributed by atoms with E-state index in [1.165, 1.54) is 18.9 Å². The second kappa shape index (κ2) is 11.2. The first-order chi connectivity index (χ1) is 17.4. The number of anilines is 1. The quantitative estimate of drug-likeness (QED) is 0.494. The van der Waals surface area contributed by atoms with Crippen LogP contribution >= 0.6 is 11.8 Å². The number of nitrogens with one attached hydrogen (secondary N) is 1. The number of carbonyl (C=O) groups is 2. The van der Waals surface area contributed by atoms with Gasteiger partial charge in [0.15, 0.2) is 23.3 Å². The van der Waals surface area contributed by atoms with Gasteiger partial charge in [-0.2, -0.15) is 0 Å². The molecule has 2 aliphatic rings. The summed E-state index contributed by atoms with van der Waals surface area (Å²) in [5.41, 5.74) is 2.46. The lowest BCUT2D eigenvalue weighted by molar-refractivity contribution is -0.139. The van der Waals surface area contributed by atoms with Crippen molar-refractivity contribution in [3.8, 4) is 17.2 Å². The Hall–Kier alpha value is -3.92. The summed E-state index contributed by atoms with van der Waals surface area (Å²) >= 11 is 1.48. The third kappa shape index (κ3) is 5.33. The van der Waals surface area contributed by atoms with Crippen molar-refractivity contribution >= 4 is 34.5 Å². The predicted molar refractivity (Wildman–Crippen MR) is 138 cm³/mol. The summed E-state index contributed by atoms with van der Waals surface area (Å²) in [4.78, 5) is 31.8. The molecular weight excluding hydrogens is 482 g/mol. The first kappa shape index (κ1) is 25.2. The molecule has 1 atom stereocenters. The highest BCUT2D eigenvalue weighted by molar-refractivity contribution is 8.16. The van der Waals surface area contributed by atoms with Crippen molar-refractivity contribution in [2.45, 2.75) is 19.9 Å². The van der Waals surface area contributed by atoms with E-state index in [9.17, 15) is 9.59 Å². The van der Waals surface area contributed by atoms with Gasteiger partial charge in [0.1, 0.15) is 5.75 Å². The zero-order valence-corrected chi connectivity index (χ0v) is 21.3. The SMILES string of the molecule is CCOC(=O)C1=C(C)N=C2SC=CN2[C@@H]1c1ccc(OCC(=O)Nc2cccc(OC)c2)c(OC)c1. The van der Waals surface area contributed by atoms with E-state index in [4.69, 9.17) is 18.9 Å². The molecule has 0 fully saturated rings. The first-order valence-electron chi connectivity index (χ1n) is 11.3. The number of hydrogen-bond acceptors (Lipinski definition) is 9. The van der Waals surface area contributed by atoms with Crippen molar-refractivity contribution in [2.75, 3.05) is 32.8 Å². The van der Waals surface area contributed by atoms with Gasteiger partial charge < -0.3 is 29.2 Å². The summed E-state index contributed by atoms with van der Waals surface area (Å²) in [6.45, 7) is 3.62. The zero-order valence-electron chi connectivity index (χ0n) is 20.4. The van der Waals surface area contributed by atoms with E-state index >= 15 is 0 Å². The maximum Gasteiger partial charge on any atom is 0.338 e. The Bertz CT molecular complexity index is 1260. The average molecular weight is 510 g/mol. The van der Waals surface area contributed by atoms with Crippen molar-refractivity contribution in [1.82, 2.24) is 4.90 Å². The van der Waals surface area contributed by atoms with E-state index in [1.54, 1.807) is 57.4 Å². The van der Waals surface area contributed by atoms with Gasteiger partial charge in [0.05, 0.1) is 38.1 Å². The number of amides is 1. The van der Waals surface area contributed by atoms with Crippen LogP contribution in [0, 0.1) is 0 Å². The number of amidine groups is 1. The minimum atomic E-state index is -0.442. The third-order valence-corrected chi connectivity index (χ3v) is 6.30. The lowest BCUT2D eigenvalue weighted by Crippen LogP contribution is -2.34. The molecule has 10 heteroatoms. The van der Waals surface area contributed by atoms with Gasteiger partial charge in [-0.3, -0.25) is 4.79 Å². The van der Waals surface area contributed by atoms with Crippen LogP contribution in [0.5, 0.6) is 17.2 Å². The Labute approximate surface area is 213 Å². The van der Waals surface area contributed by atoms with E-state index in [0.29, 0.717) is 34.2 Å². The molecule has 1 N–H and O–H groups in total. The number of hydrogen-bond donors (Lipinski definition) is 1.